The molecule has 1 aliphatic rings. The van der Waals surface area contributed by atoms with Crippen molar-refractivity contribution in [2.24, 2.45) is 0 Å². The molecule has 0 heterocycles. The van der Waals surface area contributed by atoms with Crippen LogP contribution in [-0.2, 0) is 0 Å². The van der Waals surface area contributed by atoms with Gasteiger partial charge in [0.25, 0.3) is 0 Å². The normalized spacial score (nSPS) is 26.7. The number of nitriles is 1. The second-order valence-electron chi connectivity index (χ2n) is 2.28. The molecule has 1 atom stereocenters. The summed E-state index contributed by atoms with van der Waals surface area (Å²) < 4.78 is 0. The van der Waals surface area contributed by atoms with E-state index in [1.807, 2.05) is 12.1 Å². The van der Waals surface area contributed by atoms with E-state index in [1.54, 1.807) is 0 Å². The Kier molecular flexibility index (Phi) is 1.86. The molecule has 2 heteroatoms. The fraction of sp³-hybridized carbons (Fsp3) is 0.571. The lowest BCUT2D eigenvalue weighted by Gasteiger charge is -2.12. The molecular weight excluding hydrogens is 114 g/mol. The van der Waals surface area contributed by atoms with Gasteiger partial charge in [-0.25, -0.2) is 0 Å². The largest absolute Gasteiger partial charge is 0.393 e. The predicted octanol–water partition coefficient (Wildman–Crippen LogP) is 0.981. The average molecular weight is 123 g/mol. The number of aliphatic hydroxyl groups is 1. The zero-order chi connectivity index (χ0) is 6.69. The van der Waals surface area contributed by atoms with E-state index in [-0.39, 0.29) is 6.10 Å². The summed E-state index contributed by atoms with van der Waals surface area (Å²) in [6, 6.07) is 2.04. The lowest BCUT2D eigenvalue weighted by molar-refractivity contribution is 0.162. The van der Waals surface area contributed by atoms with Crippen molar-refractivity contribution in [3.63, 3.8) is 0 Å². The van der Waals surface area contributed by atoms with Crippen molar-refractivity contribution < 1.29 is 5.11 Å². The van der Waals surface area contributed by atoms with Crippen molar-refractivity contribution in [3.8, 4) is 6.07 Å². The topological polar surface area (TPSA) is 44.0 Å². The van der Waals surface area contributed by atoms with E-state index in [0.29, 0.717) is 6.42 Å². The SMILES string of the molecule is N#CC1=CCC[C@@H](O)C1. The first-order valence-electron chi connectivity index (χ1n) is 3.10. The minimum absolute atomic E-state index is 0.273. The van der Waals surface area contributed by atoms with Gasteiger partial charge in [-0.05, 0) is 12.8 Å². The highest BCUT2D eigenvalue weighted by molar-refractivity contribution is 5.22. The van der Waals surface area contributed by atoms with Crippen molar-refractivity contribution in [1.29, 1.82) is 5.26 Å². The summed E-state index contributed by atoms with van der Waals surface area (Å²) in [7, 11) is 0. The van der Waals surface area contributed by atoms with Crippen LogP contribution >= 0.6 is 0 Å². The summed E-state index contributed by atoms with van der Waals surface area (Å²) in [5, 5.41) is 17.4. The maximum atomic E-state index is 9.02. The van der Waals surface area contributed by atoms with E-state index in [2.05, 4.69) is 0 Å². The van der Waals surface area contributed by atoms with Crippen LogP contribution in [-0.4, -0.2) is 11.2 Å². The van der Waals surface area contributed by atoms with Gasteiger partial charge in [-0.3, -0.25) is 0 Å². The second-order valence-corrected chi connectivity index (χ2v) is 2.28. The van der Waals surface area contributed by atoms with Crippen molar-refractivity contribution in [3.05, 3.63) is 11.6 Å². The third-order valence-corrected chi connectivity index (χ3v) is 1.49. The first-order chi connectivity index (χ1) is 4.33. The molecule has 0 bridgehead atoms. The summed E-state index contributed by atoms with van der Waals surface area (Å²) in [5.74, 6) is 0. The Labute approximate surface area is 54.4 Å². The van der Waals surface area contributed by atoms with Gasteiger partial charge in [0.2, 0.25) is 0 Å². The first kappa shape index (κ1) is 6.31. The van der Waals surface area contributed by atoms with Crippen LogP contribution in [0.3, 0.4) is 0 Å². The molecule has 2 nitrogen and oxygen atoms in total. The Morgan fingerprint density at radius 3 is 3.00 bits per heavy atom. The smallest absolute Gasteiger partial charge is 0.0944 e. The van der Waals surface area contributed by atoms with E-state index in [9.17, 15) is 0 Å². The maximum absolute atomic E-state index is 9.02. The summed E-state index contributed by atoms with van der Waals surface area (Å²) in [6.07, 6.45) is 3.84. The highest BCUT2D eigenvalue weighted by Gasteiger charge is 2.10. The standard InChI is InChI=1S/C7H9NO/c8-5-6-2-1-3-7(9)4-6/h2,7,9H,1,3-4H2/t7-/m1/s1. The molecule has 1 N–H and O–H groups in total. The molecule has 1 aliphatic carbocycles. The van der Waals surface area contributed by atoms with Gasteiger partial charge >= 0.3 is 0 Å². The summed E-state index contributed by atoms with van der Waals surface area (Å²) in [6.45, 7) is 0. The monoisotopic (exact) mass is 123 g/mol. The molecule has 9 heavy (non-hydrogen) atoms. The van der Waals surface area contributed by atoms with Crippen LogP contribution in [0.1, 0.15) is 19.3 Å². The van der Waals surface area contributed by atoms with E-state index < -0.39 is 0 Å². The molecule has 0 aliphatic heterocycles. The number of hydrogen-bond donors (Lipinski definition) is 1. The lowest BCUT2D eigenvalue weighted by Crippen LogP contribution is -2.10. The number of aliphatic hydroxyl groups excluding tert-OH is 1. The highest BCUT2D eigenvalue weighted by Crippen LogP contribution is 2.16. The van der Waals surface area contributed by atoms with Crippen molar-refractivity contribution in [1.82, 2.24) is 0 Å². The molecule has 0 radical (unpaired) electrons. The quantitative estimate of drug-likeness (QED) is 0.521. The maximum Gasteiger partial charge on any atom is 0.0944 e. The van der Waals surface area contributed by atoms with Crippen LogP contribution in [0.15, 0.2) is 11.6 Å². The fourth-order valence-electron chi connectivity index (χ4n) is 0.980. The molecule has 0 aromatic carbocycles. The van der Waals surface area contributed by atoms with E-state index in [1.165, 1.54) is 0 Å². The minimum atomic E-state index is -0.273. The van der Waals surface area contributed by atoms with Crippen LogP contribution in [0.5, 0.6) is 0 Å². The van der Waals surface area contributed by atoms with Crippen molar-refractivity contribution in [2.45, 2.75) is 25.4 Å². The first-order valence-corrected chi connectivity index (χ1v) is 3.10. The molecule has 0 aromatic heterocycles. The molecular formula is C7H9NO. The number of allylic oxidation sites excluding steroid dienone is 1. The highest BCUT2D eigenvalue weighted by atomic mass is 16.3. The van der Waals surface area contributed by atoms with Gasteiger partial charge in [-0.1, -0.05) is 6.08 Å². The van der Waals surface area contributed by atoms with E-state index in [4.69, 9.17) is 10.4 Å². The number of rotatable bonds is 0. The van der Waals surface area contributed by atoms with Crippen LogP contribution in [0, 0.1) is 11.3 Å². The third kappa shape index (κ3) is 1.55. The van der Waals surface area contributed by atoms with Gasteiger partial charge in [0, 0.05) is 12.0 Å². The van der Waals surface area contributed by atoms with Gasteiger partial charge in [0.05, 0.1) is 12.2 Å². The molecule has 0 amide bonds. The molecule has 0 saturated heterocycles. The zero-order valence-electron chi connectivity index (χ0n) is 5.17. The van der Waals surface area contributed by atoms with Gasteiger partial charge in [-0.15, -0.1) is 0 Å². The Balaban J connectivity index is 2.56. The van der Waals surface area contributed by atoms with Crippen LogP contribution < -0.4 is 0 Å². The molecule has 0 unspecified atom stereocenters. The van der Waals surface area contributed by atoms with Crippen LogP contribution in [0.4, 0.5) is 0 Å². The third-order valence-electron chi connectivity index (χ3n) is 1.49. The Morgan fingerprint density at radius 1 is 1.78 bits per heavy atom. The second kappa shape index (κ2) is 2.65. The van der Waals surface area contributed by atoms with Crippen LogP contribution in [0.25, 0.3) is 0 Å². The van der Waals surface area contributed by atoms with Gasteiger partial charge in [0.15, 0.2) is 0 Å². The van der Waals surface area contributed by atoms with Gasteiger partial charge in [-0.2, -0.15) is 5.26 Å². The van der Waals surface area contributed by atoms with E-state index >= 15 is 0 Å². The lowest BCUT2D eigenvalue weighted by atomic mass is 9.98. The van der Waals surface area contributed by atoms with Crippen molar-refractivity contribution in [2.75, 3.05) is 0 Å². The van der Waals surface area contributed by atoms with E-state index in [0.717, 1.165) is 18.4 Å². The Bertz CT molecular complexity index is 166. The Morgan fingerprint density at radius 2 is 2.56 bits per heavy atom. The van der Waals surface area contributed by atoms with Crippen LogP contribution in [0.2, 0.25) is 0 Å². The Hall–Kier alpha value is -0.810. The minimum Gasteiger partial charge on any atom is -0.393 e. The predicted molar refractivity (Wildman–Crippen MR) is 33.6 cm³/mol. The average Bonchev–Trinajstić information content (AvgIpc) is 1.88. The fourth-order valence-corrected chi connectivity index (χ4v) is 0.980. The summed E-state index contributed by atoms with van der Waals surface area (Å²) in [5.41, 5.74) is 0.730. The summed E-state index contributed by atoms with van der Waals surface area (Å²) in [4.78, 5) is 0. The van der Waals surface area contributed by atoms with Gasteiger partial charge < -0.3 is 5.11 Å². The molecule has 48 valence electrons. The summed E-state index contributed by atoms with van der Waals surface area (Å²) >= 11 is 0. The van der Waals surface area contributed by atoms with Crippen molar-refractivity contribution >= 4 is 0 Å². The molecule has 0 saturated carbocycles. The molecule has 0 aromatic rings. The number of hydrogen-bond acceptors (Lipinski definition) is 2. The molecule has 0 spiro atoms. The zero-order valence-corrected chi connectivity index (χ0v) is 5.17. The number of nitrogens with zero attached hydrogens (tertiary/aromatic N) is 1. The van der Waals surface area contributed by atoms with Gasteiger partial charge in [0.1, 0.15) is 0 Å². The molecule has 0 fully saturated rings. The molecule has 1 rings (SSSR count).